The molecule has 2 aromatic rings. The van der Waals surface area contributed by atoms with Gasteiger partial charge in [-0.2, -0.15) is 0 Å². The Morgan fingerprint density at radius 1 is 1.10 bits per heavy atom. The Kier molecular flexibility index (Phi) is 8.70. The Balaban J connectivity index is 1.48. The van der Waals surface area contributed by atoms with E-state index >= 15 is 0 Å². The fourth-order valence-electron chi connectivity index (χ4n) is 3.62. The maximum absolute atomic E-state index is 12.0. The molecule has 0 bridgehead atoms. The highest BCUT2D eigenvalue weighted by atomic mass is 16.2. The number of rotatable bonds is 8. The van der Waals surface area contributed by atoms with E-state index in [0.717, 1.165) is 45.4 Å². The van der Waals surface area contributed by atoms with Crippen LogP contribution in [0, 0.1) is 5.92 Å². The van der Waals surface area contributed by atoms with Gasteiger partial charge < -0.3 is 20.4 Å². The maximum Gasteiger partial charge on any atom is 0.243 e. The van der Waals surface area contributed by atoms with Gasteiger partial charge in [-0.1, -0.05) is 30.3 Å². The van der Waals surface area contributed by atoms with Crippen molar-refractivity contribution < 1.29 is 4.79 Å². The minimum atomic E-state index is -0.00480. The number of hydrogen-bond acceptors (Lipinski definition) is 4. The molecule has 1 aliphatic heterocycles. The van der Waals surface area contributed by atoms with E-state index in [9.17, 15) is 4.79 Å². The molecule has 1 amide bonds. The van der Waals surface area contributed by atoms with Crippen molar-refractivity contribution in [3.63, 3.8) is 0 Å². The molecule has 7 nitrogen and oxygen atoms in total. The molecule has 7 heteroatoms. The Morgan fingerprint density at radius 3 is 2.48 bits per heavy atom. The number of anilines is 1. The molecule has 1 saturated heterocycles. The average Bonchev–Trinajstić information content (AvgIpc) is 2.81. The fraction of sp³-hybridized carbons (Fsp3) is 0.458. The van der Waals surface area contributed by atoms with Crippen LogP contribution in [-0.2, 0) is 11.2 Å². The van der Waals surface area contributed by atoms with E-state index in [0.29, 0.717) is 11.9 Å². The summed E-state index contributed by atoms with van der Waals surface area (Å²) in [6, 6.07) is 14.5. The van der Waals surface area contributed by atoms with Gasteiger partial charge in [0.05, 0.1) is 0 Å². The lowest BCUT2D eigenvalue weighted by Crippen LogP contribution is -2.44. The van der Waals surface area contributed by atoms with E-state index in [1.807, 2.05) is 18.5 Å². The number of pyridine rings is 1. The molecule has 1 aromatic heterocycles. The predicted molar refractivity (Wildman–Crippen MR) is 126 cm³/mol. The van der Waals surface area contributed by atoms with Gasteiger partial charge in [0.2, 0.25) is 5.91 Å². The standard InChI is InChI=1S/C24H34N6O/c1-29(2)23(31)19-28-24(26-15-8-20-6-4-3-5-7-20)27-18-21-11-16-30(17-12-21)22-9-13-25-14-10-22/h3-7,9-10,13-14,21H,8,11-12,15-19H2,1-2H3,(H2,26,27,28). The lowest BCUT2D eigenvalue weighted by atomic mass is 9.96. The maximum atomic E-state index is 12.0. The molecule has 166 valence electrons. The number of carbonyl (C=O) groups excluding carboxylic acids is 1. The van der Waals surface area contributed by atoms with Gasteiger partial charge in [0.25, 0.3) is 0 Å². The van der Waals surface area contributed by atoms with Crippen LogP contribution in [0.3, 0.4) is 0 Å². The van der Waals surface area contributed by atoms with Crippen molar-refractivity contribution in [3.05, 3.63) is 60.4 Å². The minimum absolute atomic E-state index is 0.00480. The number of aromatic nitrogens is 1. The molecule has 2 heterocycles. The number of aliphatic imine (C=N–C) groups is 1. The molecular formula is C24H34N6O. The van der Waals surface area contributed by atoms with Gasteiger partial charge >= 0.3 is 0 Å². The van der Waals surface area contributed by atoms with Gasteiger partial charge in [-0.15, -0.1) is 0 Å². The van der Waals surface area contributed by atoms with Crippen LogP contribution in [-0.4, -0.2) is 68.6 Å². The summed E-state index contributed by atoms with van der Waals surface area (Å²) in [6.07, 6.45) is 6.86. The number of nitrogens with one attached hydrogen (secondary N) is 2. The first-order valence-electron chi connectivity index (χ1n) is 11.0. The molecule has 31 heavy (non-hydrogen) atoms. The van der Waals surface area contributed by atoms with Gasteiger partial charge in [0.1, 0.15) is 6.54 Å². The van der Waals surface area contributed by atoms with Crippen LogP contribution in [0.2, 0.25) is 0 Å². The third-order valence-corrected chi connectivity index (χ3v) is 5.62. The van der Waals surface area contributed by atoms with Crippen LogP contribution in [0.4, 0.5) is 5.69 Å². The van der Waals surface area contributed by atoms with E-state index < -0.39 is 0 Å². The summed E-state index contributed by atoms with van der Waals surface area (Å²) in [5.74, 6) is 1.29. The van der Waals surface area contributed by atoms with E-state index in [1.54, 1.807) is 19.0 Å². The average molecular weight is 423 g/mol. The largest absolute Gasteiger partial charge is 0.371 e. The molecule has 2 N–H and O–H groups in total. The van der Waals surface area contributed by atoms with Gasteiger partial charge in [-0.05, 0) is 42.9 Å². The highest BCUT2D eigenvalue weighted by molar-refractivity contribution is 5.84. The van der Waals surface area contributed by atoms with Crippen LogP contribution >= 0.6 is 0 Å². The van der Waals surface area contributed by atoms with Gasteiger partial charge in [-0.3, -0.25) is 9.78 Å². The Morgan fingerprint density at radius 2 is 1.81 bits per heavy atom. The molecular weight excluding hydrogens is 388 g/mol. The summed E-state index contributed by atoms with van der Waals surface area (Å²) < 4.78 is 0. The van der Waals surface area contributed by atoms with Crippen LogP contribution in [0.5, 0.6) is 0 Å². The van der Waals surface area contributed by atoms with E-state index in [4.69, 9.17) is 0 Å². The lowest BCUT2D eigenvalue weighted by molar-refractivity contribution is -0.127. The van der Waals surface area contributed by atoms with Crippen molar-refractivity contribution in [2.75, 3.05) is 51.7 Å². The SMILES string of the molecule is CN(C)C(=O)CN=C(NCCc1ccccc1)NCC1CCN(c2ccncc2)CC1. The van der Waals surface area contributed by atoms with Crippen molar-refractivity contribution in [1.82, 2.24) is 20.5 Å². The van der Waals surface area contributed by atoms with Gasteiger partial charge in [-0.25, -0.2) is 4.99 Å². The zero-order chi connectivity index (χ0) is 21.9. The Hall–Kier alpha value is -3.09. The monoisotopic (exact) mass is 422 g/mol. The highest BCUT2D eigenvalue weighted by Gasteiger charge is 2.19. The summed E-state index contributed by atoms with van der Waals surface area (Å²) in [4.78, 5) is 24.6. The first kappa shape index (κ1) is 22.6. The third kappa shape index (κ3) is 7.59. The molecule has 0 atom stereocenters. The first-order valence-corrected chi connectivity index (χ1v) is 11.0. The van der Waals surface area contributed by atoms with Crippen LogP contribution < -0.4 is 15.5 Å². The summed E-state index contributed by atoms with van der Waals surface area (Å²) in [5, 5.41) is 6.85. The van der Waals surface area contributed by atoms with Crippen molar-refractivity contribution in [1.29, 1.82) is 0 Å². The number of nitrogens with zero attached hydrogens (tertiary/aromatic N) is 4. The second-order valence-electron chi connectivity index (χ2n) is 8.13. The molecule has 0 aliphatic carbocycles. The molecule has 0 unspecified atom stereocenters. The number of carbonyl (C=O) groups is 1. The first-order chi connectivity index (χ1) is 15.1. The van der Waals surface area contributed by atoms with E-state index in [1.165, 1.54) is 11.3 Å². The van der Waals surface area contributed by atoms with Crippen molar-refractivity contribution in [2.24, 2.45) is 10.9 Å². The minimum Gasteiger partial charge on any atom is -0.371 e. The van der Waals surface area contributed by atoms with E-state index in [2.05, 4.69) is 61.9 Å². The normalized spacial score (nSPS) is 14.9. The molecule has 3 rings (SSSR count). The molecule has 0 saturated carbocycles. The number of piperidine rings is 1. The summed E-state index contributed by atoms with van der Waals surface area (Å²) in [5.41, 5.74) is 2.52. The number of amides is 1. The summed E-state index contributed by atoms with van der Waals surface area (Å²) in [7, 11) is 3.51. The third-order valence-electron chi connectivity index (χ3n) is 5.62. The molecule has 0 radical (unpaired) electrons. The zero-order valence-corrected chi connectivity index (χ0v) is 18.6. The molecule has 0 spiro atoms. The number of hydrogen-bond donors (Lipinski definition) is 2. The van der Waals surface area contributed by atoms with Gasteiger partial charge in [0.15, 0.2) is 5.96 Å². The zero-order valence-electron chi connectivity index (χ0n) is 18.6. The molecule has 1 fully saturated rings. The summed E-state index contributed by atoms with van der Waals surface area (Å²) in [6.45, 7) is 3.87. The second kappa shape index (κ2) is 11.9. The second-order valence-corrected chi connectivity index (χ2v) is 8.13. The topological polar surface area (TPSA) is 72.9 Å². The molecule has 1 aromatic carbocycles. The van der Waals surface area contributed by atoms with Crippen LogP contribution in [0.1, 0.15) is 18.4 Å². The number of benzene rings is 1. The lowest BCUT2D eigenvalue weighted by Gasteiger charge is -2.33. The Bertz CT molecular complexity index is 816. The van der Waals surface area contributed by atoms with Crippen molar-refractivity contribution >= 4 is 17.6 Å². The summed E-state index contributed by atoms with van der Waals surface area (Å²) >= 11 is 0. The Labute approximate surface area is 185 Å². The number of guanidine groups is 1. The highest BCUT2D eigenvalue weighted by Crippen LogP contribution is 2.22. The molecule has 1 aliphatic rings. The predicted octanol–water partition coefficient (Wildman–Crippen LogP) is 2.16. The van der Waals surface area contributed by atoms with Crippen LogP contribution in [0.15, 0.2) is 59.9 Å². The fourth-order valence-corrected chi connectivity index (χ4v) is 3.62. The quantitative estimate of drug-likeness (QED) is 0.504. The number of likely N-dealkylation sites (N-methyl/N-ethyl adjacent to an activating group) is 1. The smallest absolute Gasteiger partial charge is 0.243 e. The van der Waals surface area contributed by atoms with Crippen molar-refractivity contribution in [3.8, 4) is 0 Å². The van der Waals surface area contributed by atoms with E-state index in [-0.39, 0.29) is 12.5 Å². The van der Waals surface area contributed by atoms with Crippen molar-refractivity contribution in [2.45, 2.75) is 19.3 Å². The van der Waals surface area contributed by atoms with Gasteiger partial charge in [0, 0.05) is 58.4 Å². The van der Waals surface area contributed by atoms with Crippen LogP contribution in [0.25, 0.3) is 0 Å².